The van der Waals surface area contributed by atoms with Crippen LogP contribution in [0.15, 0.2) is 24.3 Å². The van der Waals surface area contributed by atoms with Gasteiger partial charge in [-0.3, -0.25) is 9.59 Å². The molecule has 1 saturated heterocycles. The summed E-state index contributed by atoms with van der Waals surface area (Å²) < 4.78 is 16.7. The maximum Gasteiger partial charge on any atom is 0.305 e. The molecule has 1 aliphatic rings. The molecule has 484 valence electrons. The van der Waals surface area contributed by atoms with Gasteiger partial charge in [0.1, 0.15) is 24.4 Å². The number of esters is 1. The van der Waals surface area contributed by atoms with E-state index in [-0.39, 0.29) is 18.5 Å². The zero-order valence-electron chi connectivity index (χ0n) is 53.7. The van der Waals surface area contributed by atoms with Crippen LogP contribution in [-0.2, 0) is 23.8 Å². The van der Waals surface area contributed by atoms with Gasteiger partial charge in [-0.25, -0.2) is 0 Å². The SMILES string of the molecule is CCCCCC/C=C\CCCCCCCC(=O)OCCCCCCCCCCCCCCCCCCCCCCCCCCCCCCCCCCC(=O)NC(COC1OC(CO)C(O)C(O)C1O)C(O)/C=C/CCCCCCCCC. The molecule has 6 N–H and O–H groups in total. The van der Waals surface area contributed by atoms with Gasteiger partial charge < -0.3 is 45.1 Å². The molecule has 1 amide bonds. The second-order valence-corrected chi connectivity index (χ2v) is 24.9. The minimum absolute atomic E-state index is 0.00471. The van der Waals surface area contributed by atoms with Crippen molar-refractivity contribution in [3.05, 3.63) is 24.3 Å². The third kappa shape index (κ3) is 49.3. The zero-order valence-corrected chi connectivity index (χ0v) is 53.7. The standard InChI is InChI=1S/C71H135NO10/c1-3-5-7-9-11-13-14-35-39-43-47-51-55-59-67(76)80-60-56-52-48-44-40-37-34-32-30-28-26-24-22-20-18-16-15-17-19-21-23-25-27-29-31-33-36-38-42-46-50-54-58-66(75)72-63(64(74)57-53-49-45-41-12-10-8-6-4-2)62-81-71-70(79)69(78)68(77)65(61-73)82-71/h13-14,53,57,63-65,68-71,73-74,77-79H,3-12,15-52,54-56,58-62H2,1-2H3,(H,72,75)/b14-13-,57-53+. The van der Waals surface area contributed by atoms with Crippen LogP contribution in [0.4, 0.5) is 0 Å². The molecule has 82 heavy (non-hydrogen) atoms. The second-order valence-electron chi connectivity index (χ2n) is 24.9. The highest BCUT2D eigenvalue weighted by Gasteiger charge is 2.44. The largest absolute Gasteiger partial charge is 0.466 e. The monoisotopic (exact) mass is 1160 g/mol. The smallest absolute Gasteiger partial charge is 0.305 e. The van der Waals surface area contributed by atoms with Gasteiger partial charge in [0.2, 0.25) is 5.91 Å². The van der Waals surface area contributed by atoms with Crippen molar-refractivity contribution in [3.8, 4) is 0 Å². The average Bonchev–Trinajstić information content (AvgIpc) is 3.63. The summed E-state index contributed by atoms with van der Waals surface area (Å²) in [6.45, 7) is 4.33. The second kappa shape index (κ2) is 60.8. The number of carbonyl (C=O) groups excluding carboxylic acids is 2. The van der Waals surface area contributed by atoms with Crippen molar-refractivity contribution in [3.63, 3.8) is 0 Å². The third-order valence-electron chi connectivity index (χ3n) is 17.1. The Hall–Kier alpha value is -1.86. The van der Waals surface area contributed by atoms with Crippen LogP contribution in [-0.4, -0.2) is 100 Å². The molecule has 7 atom stereocenters. The van der Waals surface area contributed by atoms with Gasteiger partial charge in [-0.05, 0) is 57.8 Å². The first kappa shape index (κ1) is 78.2. The van der Waals surface area contributed by atoms with Gasteiger partial charge in [-0.2, -0.15) is 0 Å². The van der Waals surface area contributed by atoms with E-state index in [1.807, 2.05) is 6.08 Å². The Bertz CT molecular complexity index is 1410. The number of rotatable bonds is 63. The number of nitrogens with one attached hydrogen (secondary N) is 1. The van der Waals surface area contributed by atoms with E-state index >= 15 is 0 Å². The molecule has 0 saturated carbocycles. The molecule has 0 aromatic rings. The van der Waals surface area contributed by atoms with Crippen molar-refractivity contribution < 1.29 is 49.3 Å². The lowest BCUT2D eigenvalue weighted by atomic mass is 9.99. The Morgan fingerprint density at radius 2 is 0.780 bits per heavy atom. The quantitative estimate of drug-likeness (QED) is 0.0195. The minimum atomic E-state index is -1.57. The van der Waals surface area contributed by atoms with Gasteiger partial charge in [-0.15, -0.1) is 0 Å². The Morgan fingerprint density at radius 3 is 1.18 bits per heavy atom. The van der Waals surface area contributed by atoms with Crippen LogP contribution in [0, 0.1) is 0 Å². The van der Waals surface area contributed by atoms with Crippen molar-refractivity contribution in [2.45, 2.75) is 397 Å². The molecule has 0 spiro atoms. The van der Waals surface area contributed by atoms with E-state index in [1.165, 1.54) is 270 Å². The molecular formula is C71H135NO10. The molecule has 0 radical (unpaired) electrons. The van der Waals surface area contributed by atoms with Crippen LogP contribution >= 0.6 is 0 Å². The number of amides is 1. The fourth-order valence-electron chi connectivity index (χ4n) is 11.4. The summed E-state index contributed by atoms with van der Waals surface area (Å²) in [6.07, 6.45) is 66.2. The Kier molecular flexibility index (Phi) is 58.0. The fraction of sp³-hybridized carbons (Fsp3) is 0.915. The molecule has 1 aliphatic heterocycles. The third-order valence-corrected chi connectivity index (χ3v) is 17.1. The van der Waals surface area contributed by atoms with Crippen LogP contribution in [0.1, 0.15) is 354 Å². The molecule has 0 aliphatic carbocycles. The van der Waals surface area contributed by atoms with Gasteiger partial charge in [0.05, 0.1) is 32.0 Å². The highest BCUT2D eigenvalue weighted by molar-refractivity contribution is 5.76. The highest BCUT2D eigenvalue weighted by atomic mass is 16.7. The Labute approximate surface area is 505 Å². The van der Waals surface area contributed by atoms with Crippen molar-refractivity contribution >= 4 is 11.9 Å². The molecule has 0 aromatic carbocycles. The van der Waals surface area contributed by atoms with Crippen LogP contribution in [0.25, 0.3) is 0 Å². The highest BCUT2D eigenvalue weighted by Crippen LogP contribution is 2.23. The molecule has 0 bridgehead atoms. The number of aliphatic hydroxyl groups is 5. The normalized spacial score (nSPS) is 18.3. The van der Waals surface area contributed by atoms with E-state index in [0.29, 0.717) is 19.4 Å². The predicted octanol–water partition coefficient (Wildman–Crippen LogP) is 18.0. The maximum atomic E-state index is 13.0. The van der Waals surface area contributed by atoms with Crippen molar-refractivity contribution in [1.29, 1.82) is 0 Å². The summed E-state index contributed by atoms with van der Waals surface area (Å²) in [7, 11) is 0. The first-order valence-corrected chi connectivity index (χ1v) is 35.6. The molecule has 7 unspecified atom stereocenters. The lowest BCUT2D eigenvalue weighted by Crippen LogP contribution is -2.60. The van der Waals surface area contributed by atoms with Crippen molar-refractivity contribution in [2.24, 2.45) is 0 Å². The van der Waals surface area contributed by atoms with Gasteiger partial charge in [0.25, 0.3) is 0 Å². The summed E-state index contributed by atoms with van der Waals surface area (Å²) in [5.41, 5.74) is 0. The number of aliphatic hydroxyl groups excluding tert-OH is 5. The number of hydrogen-bond acceptors (Lipinski definition) is 10. The number of ether oxygens (including phenoxy) is 3. The number of carbonyl (C=O) groups is 2. The van der Waals surface area contributed by atoms with Crippen LogP contribution in [0.2, 0.25) is 0 Å². The fourth-order valence-corrected chi connectivity index (χ4v) is 11.4. The lowest BCUT2D eigenvalue weighted by molar-refractivity contribution is -0.302. The lowest BCUT2D eigenvalue weighted by Gasteiger charge is -2.40. The maximum absolute atomic E-state index is 13.0. The average molecular weight is 1160 g/mol. The summed E-state index contributed by atoms with van der Waals surface area (Å²) in [4.78, 5) is 25.1. The summed E-state index contributed by atoms with van der Waals surface area (Å²) in [6, 6.07) is -0.804. The first-order valence-electron chi connectivity index (χ1n) is 35.6. The molecule has 0 aromatic heterocycles. The van der Waals surface area contributed by atoms with Gasteiger partial charge in [0, 0.05) is 12.8 Å². The molecule has 11 nitrogen and oxygen atoms in total. The predicted molar refractivity (Wildman–Crippen MR) is 343 cm³/mol. The van der Waals surface area contributed by atoms with E-state index in [9.17, 15) is 35.1 Å². The van der Waals surface area contributed by atoms with Gasteiger partial charge >= 0.3 is 5.97 Å². The molecule has 1 heterocycles. The molecular weight excluding hydrogens is 1030 g/mol. The topological polar surface area (TPSA) is 175 Å². The summed E-state index contributed by atoms with van der Waals surface area (Å²) in [5.74, 6) is -0.173. The summed E-state index contributed by atoms with van der Waals surface area (Å²) >= 11 is 0. The van der Waals surface area contributed by atoms with Gasteiger partial charge in [0.15, 0.2) is 6.29 Å². The molecule has 1 fully saturated rings. The Balaban J connectivity index is 1.89. The van der Waals surface area contributed by atoms with E-state index in [2.05, 4.69) is 31.3 Å². The van der Waals surface area contributed by atoms with Crippen LogP contribution in [0.5, 0.6) is 0 Å². The Morgan fingerprint density at radius 1 is 0.439 bits per heavy atom. The van der Waals surface area contributed by atoms with E-state index in [0.717, 1.165) is 57.8 Å². The number of hydrogen-bond donors (Lipinski definition) is 6. The minimum Gasteiger partial charge on any atom is -0.466 e. The van der Waals surface area contributed by atoms with E-state index in [1.54, 1.807) is 6.08 Å². The van der Waals surface area contributed by atoms with E-state index in [4.69, 9.17) is 14.2 Å². The summed E-state index contributed by atoms with van der Waals surface area (Å²) in [5, 5.41) is 54.3. The molecule has 1 rings (SSSR count). The van der Waals surface area contributed by atoms with Gasteiger partial charge in [-0.1, -0.05) is 308 Å². The first-order chi connectivity index (χ1) is 40.2. The number of allylic oxidation sites excluding steroid dienone is 3. The van der Waals surface area contributed by atoms with E-state index < -0.39 is 49.5 Å². The van der Waals surface area contributed by atoms with Crippen LogP contribution < -0.4 is 5.32 Å². The zero-order chi connectivity index (χ0) is 59.5. The number of unbranched alkanes of at least 4 members (excludes halogenated alkanes) is 47. The van der Waals surface area contributed by atoms with Crippen molar-refractivity contribution in [2.75, 3.05) is 19.8 Å². The van der Waals surface area contributed by atoms with Crippen LogP contribution in [0.3, 0.4) is 0 Å². The molecule has 11 heteroatoms. The van der Waals surface area contributed by atoms with Crippen molar-refractivity contribution in [1.82, 2.24) is 5.32 Å².